The second-order valence-corrected chi connectivity index (χ2v) is 19.0. The molecule has 0 saturated heterocycles. The van der Waals surface area contributed by atoms with E-state index in [-0.39, 0.29) is 15.5 Å². The highest BCUT2D eigenvalue weighted by Crippen LogP contribution is 2.84. The third-order valence-electron chi connectivity index (χ3n) is 7.70. The summed E-state index contributed by atoms with van der Waals surface area (Å²) in [7, 11) is -2.52. The minimum absolute atomic E-state index is 0.233. The molecule has 0 aliphatic rings. The lowest BCUT2D eigenvalue weighted by Gasteiger charge is -2.46. The molecule has 0 fully saturated rings. The predicted molar refractivity (Wildman–Crippen MR) is 152 cm³/mol. The highest BCUT2D eigenvalue weighted by Gasteiger charge is 2.67. The van der Waals surface area contributed by atoms with Gasteiger partial charge in [-0.2, -0.15) is 0 Å². The topological polar surface area (TPSA) is 0 Å². The van der Waals surface area contributed by atoms with Crippen LogP contribution in [-0.4, -0.2) is 21.9 Å². The Bertz CT molecular complexity index is 1510. The molecule has 3 aromatic rings. The van der Waals surface area contributed by atoms with Crippen molar-refractivity contribution < 1.29 is 74.4 Å². The Morgan fingerprint density at radius 3 is 0.531 bits per heavy atom. The molecule has 0 bridgehead atoms. The summed E-state index contributed by atoms with van der Waals surface area (Å²) >= 11 is 0. The van der Waals surface area contributed by atoms with Gasteiger partial charge in [-0.15, -0.1) is 0 Å². The molecule has 0 aliphatic carbocycles. The van der Waals surface area contributed by atoms with Crippen molar-refractivity contribution in [1.29, 1.82) is 0 Å². The molecule has 3 rings (SSSR count). The van der Waals surface area contributed by atoms with Gasteiger partial charge in [-0.1, -0.05) is 20.6 Å². The maximum Gasteiger partial charge on any atom is 0.251 e. The Hall–Kier alpha value is -3.04. The van der Waals surface area contributed by atoms with Gasteiger partial charge in [0.25, 0.3) is 6.42 Å². The van der Waals surface area contributed by atoms with Crippen LogP contribution in [0.4, 0.5) is 74.4 Å². The standard InChI is InChI=1S/C18BF16.C12H27FP/c20-4-1(5(21)11(27)16(32)10(4)26)19(35,2-6(22)12(28)17(33)13(29)7(2)23)3-8(24)14(30)18(34)15(31)9(3)25;1-10(2,3)14(13,11(4,5)6)12(7,8)9/h;1-9H3/q-1;+1. The summed E-state index contributed by atoms with van der Waals surface area (Å²) in [5.41, 5.74) is -9.89. The van der Waals surface area contributed by atoms with Gasteiger partial charge in [0.2, 0.25) is 7.57 Å². The van der Waals surface area contributed by atoms with E-state index in [1.54, 1.807) is 0 Å². The normalized spacial score (nSPS) is 13.1. The molecule has 19 heteroatoms. The van der Waals surface area contributed by atoms with Crippen LogP contribution in [0.2, 0.25) is 0 Å². The first-order valence-corrected chi connectivity index (χ1v) is 15.4. The van der Waals surface area contributed by atoms with E-state index in [2.05, 4.69) is 0 Å². The Labute approximate surface area is 270 Å². The van der Waals surface area contributed by atoms with Crippen LogP contribution in [0.1, 0.15) is 62.3 Å². The fraction of sp³-hybridized carbons (Fsp3) is 0.400. The van der Waals surface area contributed by atoms with Gasteiger partial charge in [0.1, 0.15) is 50.4 Å². The van der Waals surface area contributed by atoms with E-state index in [0.29, 0.717) is 0 Å². The van der Waals surface area contributed by atoms with Crippen LogP contribution < -0.4 is 16.4 Å². The molecular formula is C30H27BF17P. The first-order valence-electron chi connectivity index (χ1n) is 13.8. The zero-order valence-electron chi connectivity index (χ0n) is 26.9. The Kier molecular flexibility index (Phi) is 11.4. The van der Waals surface area contributed by atoms with Crippen LogP contribution in [0.5, 0.6) is 0 Å². The molecule has 0 nitrogen and oxygen atoms in total. The maximum absolute atomic E-state index is 16.3. The smallest absolute Gasteiger partial charge is 0.251 e. The summed E-state index contributed by atoms with van der Waals surface area (Å²) in [6, 6.07) is 0. The minimum Gasteiger partial charge on any atom is -0.498 e. The van der Waals surface area contributed by atoms with Gasteiger partial charge in [0, 0.05) is 0 Å². The second kappa shape index (κ2) is 13.3. The lowest BCUT2D eigenvalue weighted by Crippen LogP contribution is -2.70. The summed E-state index contributed by atoms with van der Waals surface area (Å²) in [4.78, 5) is 0. The van der Waals surface area contributed by atoms with E-state index < -0.39 is 118 Å². The molecule has 0 saturated carbocycles. The molecule has 0 aliphatic heterocycles. The summed E-state index contributed by atoms with van der Waals surface area (Å²) in [6.07, 6.45) is -6.91. The molecule has 0 spiro atoms. The average Bonchev–Trinajstić information content (AvgIpc) is 2.97. The first-order chi connectivity index (χ1) is 21.8. The van der Waals surface area contributed by atoms with Crippen LogP contribution >= 0.6 is 7.57 Å². The summed E-state index contributed by atoms with van der Waals surface area (Å²) in [5, 5.41) is -0.698. The zero-order chi connectivity index (χ0) is 38.9. The van der Waals surface area contributed by atoms with E-state index >= 15 is 8.51 Å². The van der Waals surface area contributed by atoms with Crippen molar-refractivity contribution in [3.8, 4) is 0 Å². The van der Waals surface area contributed by atoms with Crippen LogP contribution in [0, 0.1) is 87.3 Å². The number of benzene rings is 3. The number of rotatable bonds is 3. The van der Waals surface area contributed by atoms with Gasteiger partial charge in [-0.05, 0) is 62.3 Å². The Morgan fingerprint density at radius 2 is 0.429 bits per heavy atom. The van der Waals surface area contributed by atoms with Gasteiger partial charge in [-0.3, -0.25) is 0 Å². The number of halogens is 17. The second-order valence-electron chi connectivity index (χ2n) is 13.8. The van der Waals surface area contributed by atoms with E-state index in [4.69, 9.17) is 0 Å². The van der Waals surface area contributed by atoms with Gasteiger partial charge < -0.3 is 4.32 Å². The maximum atomic E-state index is 16.3. The molecule has 0 unspecified atom stereocenters. The molecule has 274 valence electrons. The van der Waals surface area contributed by atoms with Crippen molar-refractivity contribution in [2.24, 2.45) is 0 Å². The van der Waals surface area contributed by atoms with Crippen LogP contribution in [0.25, 0.3) is 0 Å². The summed E-state index contributed by atoms with van der Waals surface area (Å²) in [5.74, 6) is -49.3. The van der Waals surface area contributed by atoms with Crippen LogP contribution in [0.3, 0.4) is 0 Å². The zero-order valence-corrected chi connectivity index (χ0v) is 27.8. The highest BCUT2D eigenvalue weighted by atomic mass is 31.2. The molecular weight excluding hydrogens is 725 g/mol. The van der Waals surface area contributed by atoms with Crippen LogP contribution in [0.15, 0.2) is 0 Å². The first kappa shape index (κ1) is 42.1. The molecule has 0 amide bonds. The lowest BCUT2D eigenvalue weighted by atomic mass is 9.30. The van der Waals surface area contributed by atoms with E-state index in [9.17, 15) is 65.9 Å². The van der Waals surface area contributed by atoms with Crippen molar-refractivity contribution in [2.45, 2.75) is 77.8 Å². The molecule has 49 heavy (non-hydrogen) atoms. The molecule has 0 radical (unpaired) electrons. The third-order valence-corrected chi connectivity index (χ3v) is 13.2. The van der Waals surface area contributed by atoms with Gasteiger partial charge >= 0.3 is 0 Å². The monoisotopic (exact) mass is 752 g/mol. The Balaban J connectivity index is 0.000000502. The molecule has 0 heterocycles. The van der Waals surface area contributed by atoms with Crippen molar-refractivity contribution >= 4 is 30.4 Å². The molecule has 3 aromatic carbocycles. The third kappa shape index (κ3) is 6.39. The van der Waals surface area contributed by atoms with E-state index in [1.165, 1.54) is 0 Å². The highest BCUT2D eigenvalue weighted by molar-refractivity contribution is 7.75. The minimum atomic E-state index is -6.91. The average molecular weight is 752 g/mol. The van der Waals surface area contributed by atoms with Gasteiger partial charge in [-0.25, -0.2) is 65.9 Å². The number of hydrogen-bond acceptors (Lipinski definition) is 0. The molecule has 0 atom stereocenters. The SMILES string of the molecule is CC(C)(C)[P+](F)(C(C)(C)C)C(C)(C)C.Fc1c(F)c(F)c([B-](F)(c2c(F)c(F)c(F)c(F)c2F)c2c(F)c(F)c(F)c(F)c2F)c(F)c1F. The van der Waals surface area contributed by atoms with Crippen molar-refractivity contribution in [1.82, 2.24) is 0 Å². The van der Waals surface area contributed by atoms with E-state index in [1.807, 2.05) is 62.3 Å². The van der Waals surface area contributed by atoms with Crippen molar-refractivity contribution in [3.05, 3.63) is 87.3 Å². The van der Waals surface area contributed by atoms with Crippen LogP contribution in [-0.2, 0) is 0 Å². The fourth-order valence-corrected chi connectivity index (χ4v) is 12.4. The summed E-state index contributed by atoms with van der Waals surface area (Å²) < 4.78 is 240. The van der Waals surface area contributed by atoms with Crippen molar-refractivity contribution in [2.75, 3.05) is 0 Å². The van der Waals surface area contributed by atoms with Gasteiger partial charge in [0.05, 0.1) is 0 Å². The largest absolute Gasteiger partial charge is 0.498 e. The predicted octanol–water partition coefficient (Wildman–Crippen LogP) is 9.99. The fourth-order valence-electron chi connectivity index (χ4n) is 6.37. The molecule has 0 N–H and O–H groups in total. The lowest BCUT2D eigenvalue weighted by molar-refractivity contribution is 0.377. The van der Waals surface area contributed by atoms with Gasteiger partial charge in [0.15, 0.2) is 52.4 Å². The molecule has 0 aromatic heterocycles. The number of hydrogen-bond donors (Lipinski definition) is 0. The summed E-state index contributed by atoms with van der Waals surface area (Å²) in [6.45, 7) is 18.4. The quantitative estimate of drug-likeness (QED) is 0.0822. The Morgan fingerprint density at radius 1 is 0.306 bits per heavy atom. The van der Waals surface area contributed by atoms with Crippen molar-refractivity contribution in [3.63, 3.8) is 0 Å². The van der Waals surface area contributed by atoms with E-state index in [0.717, 1.165) is 0 Å².